The predicted molar refractivity (Wildman–Crippen MR) is 117 cm³/mol. The first-order valence-corrected chi connectivity index (χ1v) is 12.3. The number of carbonyl (C=O) groups is 1. The van der Waals surface area contributed by atoms with Crippen molar-refractivity contribution >= 4 is 44.6 Å². The van der Waals surface area contributed by atoms with Crippen molar-refractivity contribution in [2.24, 2.45) is 0 Å². The highest BCUT2D eigenvalue weighted by atomic mass is 35.5. The van der Waals surface area contributed by atoms with E-state index in [2.05, 4.69) is 17.0 Å². The fourth-order valence-corrected chi connectivity index (χ4v) is 5.89. The topological polar surface area (TPSA) is 78.5 Å². The number of anilines is 1. The molecule has 2 aliphatic heterocycles. The number of halogens is 1. The number of aryl methyl sites for hydroxylation is 1. The maximum absolute atomic E-state index is 12.8. The first kappa shape index (κ1) is 20.4. The fourth-order valence-electron chi connectivity index (χ4n) is 3.57. The highest BCUT2D eigenvalue weighted by Gasteiger charge is 2.29. The molecule has 0 aliphatic carbocycles. The summed E-state index contributed by atoms with van der Waals surface area (Å²) in [5, 5.41) is 3.42. The monoisotopic (exact) mass is 451 g/mol. The van der Waals surface area contributed by atoms with E-state index < -0.39 is 10.0 Å². The van der Waals surface area contributed by atoms with Crippen molar-refractivity contribution in [2.75, 3.05) is 17.2 Å². The standard InChI is InChI=1S/C20H22ClN3O3S2/c1-13-10-15-11-16(3-2-14(15)12-22-13)24-8-6-18(20(24)25)23-29(26,27)9-7-17-4-5-19(21)28-17/h2-6,11,13,22-23H,7-10,12H2,1H3/t13-/m1/s1. The summed E-state index contributed by atoms with van der Waals surface area (Å²) < 4.78 is 27.9. The Hall–Kier alpha value is -1.87. The Balaban J connectivity index is 1.41. The maximum atomic E-state index is 12.8. The van der Waals surface area contributed by atoms with Gasteiger partial charge in [0.15, 0.2) is 0 Å². The highest BCUT2D eigenvalue weighted by Crippen LogP contribution is 2.27. The summed E-state index contributed by atoms with van der Waals surface area (Å²) in [7, 11) is -3.62. The first-order chi connectivity index (χ1) is 13.8. The van der Waals surface area contributed by atoms with E-state index in [1.54, 1.807) is 17.0 Å². The number of benzene rings is 1. The normalized spacial score (nSPS) is 19.2. The van der Waals surface area contributed by atoms with Crippen LogP contribution in [0.4, 0.5) is 5.69 Å². The minimum Gasteiger partial charge on any atom is -0.310 e. The van der Waals surface area contributed by atoms with E-state index in [0.29, 0.717) is 23.3 Å². The van der Waals surface area contributed by atoms with Gasteiger partial charge in [0, 0.05) is 29.7 Å². The molecule has 1 aromatic heterocycles. The zero-order chi connectivity index (χ0) is 20.6. The molecule has 3 heterocycles. The maximum Gasteiger partial charge on any atom is 0.275 e. The number of hydrogen-bond acceptors (Lipinski definition) is 5. The molecular formula is C20H22ClN3O3S2. The average Bonchev–Trinajstić information content (AvgIpc) is 3.25. The van der Waals surface area contributed by atoms with Crippen LogP contribution in [-0.4, -0.2) is 32.7 Å². The number of carbonyl (C=O) groups excluding carboxylic acids is 1. The third kappa shape index (κ3) is 4.66. The Bertz CT molecular complexity index is 1080. The van der Waals surface area contributed by atoms with E-state index in [4.69, 9.17) is 11.6 Å². The molecule has 2 aromatic rings. The number of hydrogen-bond donors (Lipinski definition) is 2. The zero-order valence-electron chi connectivity index (χ0n) is 15.9. The number of fused-ring (bicyclic) bond motifs is 1. The van der Waals surface area contributed by atoms with E-state index in [-0.39, 0.29) is 17.4 Å². The molecule has 1 amide bonds. The second-order valence-electron chi connectivity index (χ2n) is 7.35. The minimum atomic E-state index is -3.62. The van der Waals surface area contributed by atoms with Crippen LogP contribution in [-0.2, 0) is 34.2 Å². The Morgan fingerprint density at radius 2 is 2.10 bits per heavy atom. The lowest BCUT2D eigenvalue weighted by Crippen LogP contribution is -2.35. The molecule has 0 fully saturated rings. The van der Waals surface area contributed by atoms with Crippen LogP contribution in [0.3, 0.4) is 0 Å². The average molecular weight is 452 g/mol. The summed E-state index contributed by atoms with van der Waals surface area (Å²) in [6.07, 6.45) is 2.89. The van der Waals surface area contributed by atoms with Crippen LogP contribution in [0, 0.1) is 0 Å². The van der Waals surface area contributed by atoms with Crippen molar-refractivity contribution in [2.45, 2.75) is 32.4 Å². The number of rotatable bonds is 6. The van der Waals surface area contributed by atoms with Crippen molar-refractivity contribution in [1.29, 1.82) is 0 Å². The molecule has 0 unspecified atom stereocenters. The smallest absolute Gasteiger partial charge is 0.275 e. The van der Waals surface area contributed by atoms with Gasteiger partial charge in [-0.1, -0.05) is 17.7 Å². The molecule has 2 N–H and O–H groups in total. The van der Waals surface area contributed by atoms with Crippen molar-refractivity contribution < 1.29 is 13.2 Å². The summed E-state index contributed by atoms with van der Waals surface area (Å²) in [5.41, 5.74) is 3.37. The lowest BCUT2D eigenvalue weighted by molar-refractivity contribution is -0.114. The molecule has 9 heteroatoms. The number of nitrogens with one attached hydrogen (secondary N) is 2. The van der Waals surface area contributed by atoms with Crippen LogP contribution in [0.15, 0.2) is 42.1 Å². The lowest BCUT2D eigenvalue weighted by atomic mass is 9.96. The van der Waals surface area contributed by atoms with Gasteiger partial charge in [0.2, 0.25) is 10.0 Å². The van der Waals surface area contributed by atoms with E-state index in [1.165, 1.54) is 22.5 Å². The van der Waals surface area contributed by atoms with E-state index >= 15 is 0 Å². The van der Waals surface area contributed by atoms with E-state index in [0.717, 1.165) is 23.5 Å². The molecule has 0 radical (unpaired) electrons. The van der Waals surface area contributed by atoms with Crippen molar-refractivity contribution in [3.05, 3.63) is 62.4 Å². The second kappa shape index (κ2) is 8.10. The summed E-state index contributed by atoms with van der Waals surface area (Å²) in [6.45, 7) is 3.31. The van der Waals surface area contributed by atoms with Crippen molar-refractivity contribution in [1.82, 2.24) is 10.0 Å². The van der Waals surface area contributed by atoms with Crippen molar-refractivity contribution in [3.8, 4) is 0 Å². The van der Waals surface area contributed by atoms with Crippen LogP contribution >= 0.6 is 22.9 Å². The van der Waals surface area contributed by atoms with Crippen LogP contribution in [0.25, 0.3) is 0 Å². The summed E-state index contributed by atoms with van der Waals surface area (Å²) in [5.74, 6) is -0.423. The molecule has 6 nitrogen and oxygen atoms in total. The van der Waals surface area contributed by atoms with Crippen LogP contribution in [0.2, 0.25) is 4.34 Å². The van der Waals surface area contributed by atoms with Gasteiger partial charge in [-0.3, -0.25) is 9.52 Å². The van der Waals surface area contributed by atoms with Crippen LogP contribution in [0.1, 0.15) is 22.9 Å². The molecule has 0 spiro atoms. The van der Waals surface area contributed by atoms with Gasteiger partial charge in [0.25, 0.3) is 5.91 Å². The molecular weight excluding hydrogens is 430 g/mol. The van der Waals surface area contributed by atoms with Gasteiger partial charge < -0.3 is 10.2 Å². The van der Waals surface area contributed by atoms with E-state index in [1.807, 2.05) is 24.3 Å². The molecule has 154 valence electrons. The number of amides is 1. The number of sulfonamides is 1. The fraction of sp³-hybridized carbons (Fsp3) is 0.350. The van der Waals surface area contributed by atoms with Gasteiger partial charge in [0.05, 0.1) is 10.1 Å². The van der Waals surface area contributed by atoms with E-state index in [9.17, 15) is 13.2 Å². The Kier molecular flexibility index (Phi) is 5.70. The van der Waals surface area contributed by atoms with Gasteiger partial charge in [-0.15, -0.1) is 11.3 Å². The molecule has 1 aromatic carbocycles. The first-order valence-electron chi connectivity index (χ1n) is 9.43. The molecule has 0 saturated carbocycles. The quantitative estimate of drug-likeness (QED) is 0.707. The molecule has 2 aliphatic rings. The number of thiophene rings is 1. The second-order valence-corrected chi connectivity index (χ2v) is 11.0. The van der Waals surface area contributed by atoms with Gasteiger partial charge in [-0.25, -0.2) is 8.42 Å². The summed E-state index contributed by atoms with van der Waals surface area (Å²) >= 11 is 7.24. The molecule has 1 atom stereocenters. The van der Waals surface area contributed by atoms with Gasteiger partial charge in [-0.2, -0.15) is 0 Å². The van der Waals surface area contributed by atoms with Crippen LogP contribution < -0.4 is 14.9 Å². The minimum absolute atomic E-state index is 0.0990. The summed E-state index contributed by atoms with van der Waals surface area (Å²) in [4.78, 5) is 15.3. The third-order valence-electron chi connectivity index (χ3n) is 5.13. The van der Waals surface area contributed by atoms with Crippen molar-refractivity contribution in [3.63, 3.8) is 0 Å². The molecule has 0 saturated heterocycles. The van der Waals surface area contributed by atoms with Crippen LogP contribution in [0.5, 0.6) is 0 Å². The summed E-state index contributed by atoms with van der Waals surface area (Å²) in [6, 6.07) is 9.95. The highest BCUT2D eigenvalue weighted by molar-refractivity contribution is 7.89. The van der Waals surface area contributed by atoms with Gasteiger partial charge >= 0.3 is 0 Å². The largest absolute Gasteiger partial charge is 0.310 e. The Labute approximate surface area is 179 Å². The predicted octanol–water partition coefficient (Wildman–Crippen LogP) is 2.83. The lowest BCUT2D eigenvalue weighted by Gasteiger charge is -2.25. The molecule has 4 rings (SSSR count). The SMILES string of the molecule is C[C@@H]1Cc2cc(N3CC=C(NS(=O)(=O)CCc4ccc(Cl)s4)C3=O)ccc2CN1. The third-order valence-corrected chi connectivity index (χ3v) is 7.70. The number of nitrogens with zero attached hydrogens (tertiary/aromatic N) is 1. The van der Waals surface area contributed by atoms with Gasteiger partial charge in [0.1, 0.15) is 5.70 Å². The zero-order valence-corrected chi connectivity index (χ0v) is 18.3. The molecule has 0 bridgehead atoms. The Morgan fingerprint density at radius 3 is 2.86 bits per heavy atom. The van der Waals surface area contributed by atoms with Gasteiger partial charge in [-0.05, 0) is 61.2 Å². The molecule has 29 heavy (non-hydrogen) atoms. The Morgan fingerprint density at radius 1 is 1.28 bits per heavy atom.